The molecule has 2 saturated heterocycles. The molecular formula is C28H37N3O2. The van der Waals surface area contributed by atoms with Crippen molar-refractivity contribution in [1.29, 1.82) is 0 Å². The van der Waals surface area contributed by atoms with Crippen LogP contribution in [0.25, 0.3) is 0 Å². The molecule has 33 heavy (non-hydrogen) atoms. The maximum Gasteiger partial charge on any atom is 0.325 e. The molecule has 4 atom stereocenters. The van der Waals surface area contributed by atoms with Gasteiger partial charge in [0.2, 0.25) is 0 Å². The third-order valence-corrected chi connectivity index (χ3v) is 8.65. The number of carbonyl (C=O) groups is 2. The number of rotatable bonds is 6. The molecule has 176 valence electrons. The highest BCUT2D eigenvalue weighted by atomic mass is 16.2. The summed E-state index contributed by atoms with van der Waals surface area (Å²) in [5.41, 5.74) is 0.842. The molecule has 5 heteroatoms. The Balaban J connectivity index is 1.72. The summed E-state index contributed by atoms with van der Waals surface area (Å²) in [7, 11) is 0. The normalized spacial score (nSPS) is 32.4. The third-order valence-electron chi connectivity index (χ3n) is 8.65. The number of nitrogens with zero attached hydrogens (tertiary/aromatic N) is 2. The molecule has 0 radical (unpaired) electrons. The van der Waals surface area contributed by atoms with Crippen molar-refractivity contribution in [3.63, 3.8) is 0 Å². The largest absolute Gasteiger partial charge is 0.325 e. The lowest BCUT2D eigenvalue weighted by molar-refractivity contribution is -0.157. The maximum atomic E-state index is 14.0. The Morgan fingerprint density at radius 2 is 1.42 bits per heavy atom. The molecule has 2 aromatic carbocycles. The lowest BCUT2D eigenvalue weighted by Crippen LogP contribution is -2.75. The lowest BCUT2D eigenvalue weighted by Gasteiger charge is -2.63. The van der Waals surface area contributed by atoms with Gasteiger partial charge in [-0.05, 0) is 44.2 Å². The van der Waals surface area contributed by atoms with Crippen molar-refractivity contribution < 1.29 is 9.59 Å². The summed E-state index contributed by atoms with van der Waals surface area (Å²) in [5.74, 6) is -0.127. The fourth-order valence-corrected chi connectivity index (χ4v) is 6.15. The van der Waals surface area contributed by atoms with E-state index >= 15 is 0 Å². The quantitative estimate of drug-likeness (QED) is 0.607. The Hall–Kier alpha value is -2.66. The molecule has 3 amide bonds. The Bertz CT molecular complexity index is 1010. The summed E-state index contributed by atoms with van der Waals surface area (Å²) >= 11 is 0. The van der Waals surface area contributed by atoms with Crippen molar-refractivity contribution in [3.05, 3.63) is 71.8 Å². The van der Waals surface area contributed by atoms with Gasteiger partial charge in [0.15, 0.2) is 0 Å². The number of nitrogens with one attached hydrogen (secondary N) is 1. The highest BCUT2D eigenvalue weighted by molar-refractivity contribution is 6.07. The highest BCUT2D eigenvalue weighted by Gasteiger charge is 2.66. The van der Waals surface area contributed by atoms with Gasteiger partial charge in [-0.25, -0.2) is 4.79 Å². The number of hydrogen-bond donors (Lipinski definition) is 1. The second-order valence-electron chi connectivity index (χ2n) is 10.3. The zero-order chi connectivity index (χ0) is 23.9. The van der Waals surface area contributed by atoms with Gasteiger partial charge < -0.3 is 5.32 Å². The van der Waals surface area contributed by atoms with Gasteiger partial charge in [-0.2, -0.15) is 0 Å². The predicted molar refractivity (Wildman–Crippen MR) is 131 cm³/mol. The van der Waals surface area contributed by atoms with Crippen molar-refractivity contribution in [3.8, 4) is 0 Å². The summed E-state index contributed by atoms with van der Waals surface area (Å²) in [6.45, 7) is 12.2. The number of carbonyl (C=O) groups excluding carboxylic acids is 2. The standard InChI is InChI=1S/C28H37N3O2/c1-6-26(4)20-28(24(32)30(25(33)29-28)18-22-14-10-8-11-15-22)21(3)27(5,7-2)31(26)19-23-16-12-9-13-17-23/h8-17,21H,6-7,18-20H2,1-5H3,(H,29,33). The fraction of sp³-hybridized carbons (Fsp3) is 0.500. The van der Waals surface area contributed by atoms with E-state index in [0.29, 0.717) is 13.0 Å². The van der Waals surface area contributed by atoms with Crippen molar-refractivity contribution in [2.75, 3.05) is 0 Å². The van der Waals surface area contributed by atoms with Gasteiger partial charge in [-0.15, -0.1) is 0 Å². The van der Waals surface area contributed by atoms with E-state index in [-0.39, 0.29) is 28.9 Å². The van der Waals surface area contributed by atoms with Crippen molar-refractivity contribution in [2.24, 2.45) is 5.92 Å². The highest BCUT2D eigenvalue weighted by Crippen LogP contribution is 2.52. The number of piperidine rings is 1. The lowest BCUT2D eigenvalue weighted by atomic mass is 9.59. The van der Waals surface area contributed by atoms with E-state index in [9.17, 15) is 9.59 Å². The minimum absolute atomic E-state index is 0.0458. The van der Waals surface area contributed by atoms with Crippen LogP contribution in [-0.4, -0.2) is 38.4 Å². The van der Waals surface area contributed by atoms with Gasteiger partial charge in [0.25, 0.3) is 5.91 Å². The van der Waals surface area contributed by atoms with Crippen LogP contribution in [0.3, 0.4) is 0 Å². The molecule has 1 spiro atoms. The first-order valence-electron chi connectivity index (χ1n) is 12.2. The molecule has 2 fully saturated rings. The number of hydrogen-bond acceptors (Lipinski definition) is 3. The van der Waals surface area contributed by atoms with Crippen molar-refractivity contribution in [2.45, 2.75) is 83.6 Å². The third kappa shape index (κ3) is 3.76. The van der Waals surface area contributed by atoms with E-state index in [4.69, 9.17) is 0 Å². The van der Waals surface area contributed by atoms with Gasteiger partial charge in [0, 0.05) is 23.5 Å². The number of imide groups is 1. The summed E-state index contributed by atoms with van der Waals surface area (Å²) in [6.07, 6.45) is 2.39. The molecule has 4 rings (SSSR count). The van der Waals surface area contributed by atoms with Crippen LogP contribution >= 0.6 is 0 Å². The zero-order valence-electron chi connectivity index (χ0n) is 20.6. The summed E-state index contributed by atoms with van der Waals surface area (Å²) in [5, 5.41) is 3.21. The topological polar surface area (TPSA) is 52.7 Å². The van der Waals surface area contributed by atoms with Gasteiger partial charge in [-0.1, -0.05) is 81.4 Å². The van der Waals surface area contributed by atoms with Crippen LogP contribution < -0.4 is 5.32 Å². The van der Waals surface area contributed by atoms with Gasteiger partial charge >= 0.3 is 6.03 Å². The molecular weight excluding hydrogens is 410 g/mol. The predicted octanol–water partition coefficient (Wildman–Crippen LogP) is 5.36. The summed E-state index contributed by atoms with van der Waals surface area (Å²) in [4.78, 5) is 31.2. The van der Waals surface area contributed by atoms with Crippen LogP contribution in [0.4, 0.5) is 4.79 Å². The van der Waals surface area contributed by atoms with Crippen LogP contribution in [0.1, 0.15) is 65.0 Å². The Morgan fingerprint density at radius 1 is 0.879 bits per heavy atom. The zero-order valence-corrected chi connectivity index (χ0v) is 20.6. The molecule has 2 aliphatic rings. The van der Waals surface area contributed by atoms with Gasteiger partial charge in [0.05, 0.1) is 6.54 Å². The first kappa shape index (κ1) is 23.5. The Morgan fingerprint density at radius 3 is 1.94 bits per heavy atom. The molecule has 0 aromatic heterocycles. The van der Waals surface area contributed by atoms with E-state index in [1.54, 1.807) is 0 Å². The second-order valence-corrected chi connectivity index (χ2v) is 10.3. The van der Waals surface area contributed by atoms with E-state index < -0.39 is 5.54 Å². The van der Waals surface area contributed by atoms with Crippen LogP contribution in [0.2, 0.25) is 0 Å². The average molecular weight is 448 g/mol. The molecule has 2 aromatic rings. The molecule has 2 aliphatic heterocycles. The smallest absolute Gasteiger partial charge is 0.323 e. The van der Waals surface area contributed by atoms with E-state index in [1.807, 2.05) is 36.4 Å². The van der Waals surface area contributed by atoms with Gasteiger partial charge in [-0.3, -0.25) is 14.6 Å². The Labute approximate surface area is 198 Å². The second kappa shape index (κ2) is 8.60. The Kier molecular flexibility index (Phi) is 6.12. The van der Waals surface area contributed by atoms with E-state index in [2.05, 4.69) is 69.1 Å². The van der Waals surface area contributed by atoms with E-state index in [0.717, 1.165) is 24.9 Å². The van der Waals surface area contributed by atoms with Gasteiger partial charge in [0.1, 0.15) is 5.54 Å². The molecule has 0 saturated carbocycles. The number of benzene rings is 2. The number of likely N-dealkylation sites (tertiary alicyclic amines) is 1. The van der Waals surface area contributed by atoms with E-state index in [1.165, 1.54) is 10.5 Å². The van der Waals surface area contributed by atoms with Crippen molar-refractivity contribution >= 4 is 11.9 Å². The minimum atomic E-state index is -0.894. The average Bonchev–Trinajstić information content (AvgIpc) is 3.06. The minimum Gasteiger partial charge on any atom is -0.323 e. The van der Waals surface area contributed by atoms with Crippen LogP contribution in [0, 0.1) is 5.92 Å². The molecule has 5 nitrogen and oxygen atoms in total. The number of amides is 3. The molecule has 1 N–H and O–H groups in total. The fourth-order valence-electron chi connectivity index (χ4n) is 6.15. The maximum absolute atomic E-state index is 14.0. The van der Waals surface area contributed by atoms with Crippen LogP contribution in [0.5, 0.6) is 0 Å². The van der Waals surface area contributed by atoms with Crippen LogP contribution in [0.15, 0.2) is 60.7 Å². The SMILES string of the molecule is CCC1(C)CC2(NC(=O)N(Cc3ccccc3)C2=O)C(C)C(C)(CC)N1Cc1ccccc1. The molecule has 0 aliphatic carbocycles. The number of urea groups is 1. The molecule has 0 bridgehead atoms. The first-order valence-corrected chi connectivity index (χ1v) is 12.2. The molecule has 2 heterocycles. The summed E-state index contributed by atoms with van der Waals surface area (Å²) < 4.78 is 0. The van der Waals surface area contributed by atoms with Crippen LogP contribution in [-0.2, 0) is 17.9 Å². The first-order chi connectivity index (χ1) is 15.7. The summed E-state index contributed by atoms with van der Waals surface area (Å²) in [6, 6.07) is 20.0. The monoisotopic (exact) mass is 447 g/mol. The van der Waals surface area contributed by atoms with Crippen molar-refractivity contribution in [1.82, 2.24) is 15.1 Å². The molecule has 4 unspecified atom stereocenters.